The second-order valence-electron chi connectivity index (χ2n) is 5.43. The van der Waals surface area contributed by atoms with E-state index in [1.54, 1.807) is 0 Å². The molecule has 4 heteroatoms. The van der Waals surface area contributed by atoms with Gasteiger partial charge in [0, 0.05) is 17.1 Å². The van der Waals surface area contributed by atoms with Crippen LogP contribution in [0.5, 0.6) is 0 Å². The summed E-state index contributed by atoms with van der Waals surface area (Å²) in [6, 6.07) is 16.2. The average molecular weight is 312 g/mol. The molecule has 0 aliphatic carbocycles. The van der Waals surface area contributed by atoms with Crippen molar-refractivity contribution in [2.24, 2.45) is 5.73 Å². The van der Waals surface area contributed by atoms with E-state index in [1.807, 2.05) is 35.9 Å². The van der Waals surface area contributed by atoms with Crippen molar-refractivity contribution in [3.8, 4) is 16.9 Å². The zero-order valence-electron chi connectivity index (χ0n) is 12.7. The van der Waals surface area contributed by atoms with Crippen LogP contribution >= 0.6 is 11.6 Å². The van der Waals surface area contributed by atoms with Crippen molar-refractivity contribution in [2.75, 3.05) is 0 Å². The topological polar surface area (TPSA) is 43.8 Å². The molecule has 0 fully saturated rings. The minimum Gasteiger partial charge on any atom is -0.325 e. The van der Waals surface area contributed by atoms with Crippen LogP contribution in [0.2, 0.25) is 5.02 Å². The summed E-state index contributed by atoms with van der Waals surface area (Å²) < 4.78 is 1.92. The van der Waals surface area contributed by atoms with E-state index >= 15 is 0 Å². The summed E-state index contributed by atoms with van der Waals surface area (Å²) in [6.45, 7) is 4.54. The number of aryl methyl sites for hydroxylation is 2. The first-order chi connectivity index (χ1) is 10.6. The van der Waals surface area contributed by atoms with Crippen molar-refractivity contribution < 1.29 is 0 Å². The van der Waals surface area contributed by atoms with Crippen molar-refractivity contribution in [1.29, 1.82) is 0 Å². The van der Waals surface area contributed by atoms with E-state index in [-0.39, 0.29) is 0 Å². The average Bonchev–Trinajstić information content (AvgIpc) is 2.94. The van der Waals surface area contributed by atoms with Crippen LogP contribution in [0.3, 0.4) is 0 Å². The molecule has 0 aliphatic rings. The van der Waals surface area contributed by atoms with Gasteiger partial charge in [0.05, 0.1) is 17.1 Å². The molecule has 0 saturated carbocycles. The van der Waals surface area contributed by atoms with E-state index in [4.69, 9.17) is 17.3 Å². The molecule has 1 aromatic heterocycles. The third-order valence-corrected chi connectivity index (χ3v) is 3.95. The van der Waals surface area contributed by atoms with Crippen molar-refractivity contribution in [1.82, 2.24) is 9.78 Å². The molecule has 0 radical (unpaired) electrons. The molecule has 0 aliphatic heterocycles. The third kappa shape index (κ3) is 2.78. The van der Waals surface area contributed by atoms with Crippen molar-refractivity contribution >= 4 is 11.6 Å². The number of aromatic nitrogens is 2. The van der Waals surface area contributed by atoms with E-state index in [0.29, 0.717) is 11.6 Å². The standard InChI is InChI=1S/C18H18ClN3/c1-12-3-6-14(7-4-12)18-10-16(11-20)21-22(18)17-9-15(19)8-5-13(17)2/h3-10H,11,20H2,1-2H3. The van der Waals surface area contributed by atoms with E-state index in [0.717, 1.165) is 28.2 Å². The second kappa shape index (κ2) is 5.95. The quantitative estimate of drug-likeness (QED) is 0.785. The highest BCUT2D eigenvalue weighted by molar-refractivity contribution is 6.30. The Kier molecular flexibility index (Phi) is 4.01. The Morgan fingerprint density at radius 2 is 1.77 bits per heavy atom. The van der Waals surface area contributed by atoms with Gasteiger partial charge in [0.25, 0.3) is 0 Å². The number of rotatable bonds is 3. The number of halogens is 1. The molecular formula is C18H18ClN3. The lowest BCUT2D eigenvalue weighted by Crippen LogP contribution is -2.03. The lowest BCUT2D eigenvalue weighted by Gasteiger charge is -2.11. The minimum absolute atomic E-state index is 0.408. The molecule has 3 rings (SSSR count). The van der Waals surface area contributed by atoms with Crippen LogP contribution < -0.4 is 5.73 Å². The number of hydrogen-bond donors (Lipinski definition) is 1. The zero-order chi connectivity index (χ0) is 15.7. The SMILES string of the molecule is Cc1ccc(-c2cc(CN)nn2-c2cc(Cl)ccc2C)cc1. The molecule has 2 N–H and O–H groups in total. The number of nitrogens with two attached hydrogens (primary N) is 1. The maximum atomic E-state index is 6.16. The molecule has 1 heterocycles. The highest BCUT2D eigenvalue weighted by atomic mass is 35.5. The Labute approximate surface area is 135 Å². The molecule has 112 valence electrons. The molecule has 3 aromatic rings. The molecule has 2 aromatic carbocycles. The highest BCUT2D eigenvalue weighted by Crippen LogP contribution is 2.27. The van der Waals surface area contributed by atoms with Gasteiger partial charge in [-0.15, -0.1) is 0 Å². The lowest BCUT2D eigenvalue weighted by atomic mass is 10.1. The Hall–Kier alpha value is -2.10. The summed E-state index contributed by atoms with van der Waals surface area (Å²) >= 11 is 6.16. The van der Waals surface area contributed by atoms with E-state index in [9.17, 15) is 0 Å². The second-order valence-corrected chi connectivity index (χ2v) is 5.87. The molecule has 0 saturated heterocycles. The molecule has 0 spiro atoms. The number of nitrogens with zero attached hydrogens (tertiary/aromatic N) is 2. The maximum absolute atomic E-state index is 6.16. The zero-order valence-corrected chi connectivity index (χ0v) is 13.4. The smallest absolute Gasteiger partial charge is 0.0771 e. The summed E-state index contributed by atoms with van der Waals surface area (Å²) in [4.78, 5) is 0. The Morgan fingerprint density at radius 3 is 2.45 bits per heavy atom. The fourth-order valence-electron chi connectivity index (χ4n) is 2.45. The van der Waals surface area contributed by atoms with Crippen LogP contribution in [-0.2, 0) is 6.54 Å². The largest absolute Gasteiger partial charge is 0.325 e. The highest BCUT2D eigenvalue weighted by Gasteiger charge is 2.13. The molecule has 0 unspecified atom stereocenters. The van der Waals surface area contributed by atoms with Gasteiger partial charge in [-0.2, -0.15) is 5.10 Å². The van der Waals surface area contributed by atoms with Crippen LogP contribution in [-0.4, -0.2) is 9.78 Å². The summed E-state index contributed by atoms with van der Waals surface area (Å²) in [5.41, 5.74) is 12.1. The van der Waals surface area contributed by atoms with Crippen LogP contribution in [0.15, 0.2) is 48.5 Å². The Bertz CT molecular complexity index is 804. The van der Waals surface area contributed by atoms with Crippen LogP contribution in [0.25, 0.3) is 16.9 Å². The summed E-state index contributed by atoms with van der Waals surface area (Å²) in [5.74, 6) is 0. The van der Waals surface area contributed by atoms with Gasteiger partial charge in [-0.25, -0.2) is 4.68 Å². The van der Waals surface area contributed by atoms with E-state index in [1.165, 1.54) is 5.56 Å². The summed E-state index contributed by atoms with van der Waals surface area (Å²) in [7, 11) is 0. The van der Waals surface area contributed by atoms with Gasteiger partial charge in [0.2, 0.25) is 0 Å². The molecule has 22 heavy (non-hydrogen) atoms. The van der Waals surface area contributed by atoms with Crippen LogP contribution in [0.1, 0.15) is 16.8 Å². The number of hydrogen-bond acceptors (Lipinski definition) is 2. The van der Waals surface area contributed by atoms with Gasteiger partial charge in [-0.1, -0.05) is 47.5 Å². The predicted molar refractivity (Wildman–Crippen MR) is 91.4 cm³/mol. The fraction of sp³-hybridized carbons (Fsp3) is 0.167. The van der Waals surface area contributed by atoms with Crippen molar-refractivity contribution in [3.05, 3.63) is 70.4 Å². The van der Waals surface area contributed by atoms with E-state index in [2.05, 4.69) is 36.3 Å². The van der Waals surface area contributed by atoms with Gasteiger partial charge in [0.1, 0.15) is 0 Å². The monoisotopic (exact) mass is 311 g/mol. The molecule has 0 atom stereocenters. The third-order valence-electron chi connectivity index (χ3n) is 3.72. The lowest BCUT2D eigenvalue weighted by molar-refractivity contribution is 0.833. The van der Waals surface area contributed by atoms with Crippen molar-refractivity contribution in [2.45, 2.75) is 20.4 Å². The van der Waals surface area contributed by atoms with Gasteiger partial charge in [-0.05, 0) is 37.6 Å². The van der Waals surface area contributed by atoms with Crippen molar-refractivity contribution in [3.63, 3.8) is 0 Å². The number of benzene rings is 2. The van der Waals surface area contributed by atoms with Gasteiger partial charge >= 0.3 is 0 Å². The fourth-order valence-corrected chi connectivity index (χ4v) is 2.62. The van der Waals surface area contributed by atoms with Gasteiger partial charge in [0.15, 0.2) is 0 Å². The predicted octanol–water partition coefficient (Wildman–Crippen LogP) is 4.27. The first-order valence-electron chi connectivity index (χ1n) is 7.21. The van der Waals surface area contributed by atoms with E-state index < -0.39 is 0 Å². The molecule has 0 amide bonds. The molecular weight excluding hydrogens is 294 g/mol. The van der Waals surface area contributed by atoms with Crippen LogP contribution in [0, 0.1) is 13.8 Å². The Morgan fingerprint density at radius 1 is 1.05 bits per heavy atom. The van der Waals surface area contributed by atoms with Gasteiger partial charge in [-0.3, -0.25) is 0 Å². The minimum atomic E-state index is 0.408. The molecule has 0 bridgehead atoms. The van der Waals surface area contributed by atoms with Gasteiger partial charge < -0.3 is 5.73 Å². The first kappa shape index (κ1) is 14.8. The first-order valence-corrected chi connectivity index (χ1v) is 7.59. The molecule has 3 nitrogen and oxygen atoms in total. The Balaban J connectivity index is 2.21. The maximum Gasteiger partial charge on any atom is 0.0771 e. The van der Waals surface area contributed by atoms with Crippen LogP contribution in [0.4, 0.5) is 0 Å². The normalized spacial score (nSPS) is 10.9. The summed E-state index contributed by atoms with van der Waals surface area (Å²) in [6.07, 6.45) is 0. The summed E-state index contributed by atoms with van der Waals surface area (Å²) in [5, 5.41) is 5.33.